The summed E-state index contributed by atoms with van der Waals surface area (Å²) in [4.78, 5) is 10.7. The molecule has 0 aromatic heterocycles. The number of nitrogens with two attached hydrogens (primary N) is 1. The van der Waals surface area contributed by atoms with Crippen LogP contribution in [-0.4, -0.2) is 19.6 Å². The second-order valence-corrected chi connectivity index (χ2v) is 3.80. The topological polar surface area (TPSA) is 42.9 Å². The van der Waals surface area contributed by atoms with E-state index in [9.17, 15) is 4.79 Å². The van der Waals surface area contributed by atoms with E-state index in [-0.39, 0.29) is 11.3 Å². The van der Waals surface area contributed by atoms with E-state index in [1.54, 1.807) is 12.1 Å². The Morgan fingerprint density at radius 2 is 2.07 bits per heavy atom. The van der Waals surface area contributed by atoms with Crippen LogP contribution in [0.4, 0.5) is 0 Å². The summed E-state index contributed by atoms with van der Waals surface area (Å²) in [6.45, 7) is 2.21. The molecule has 2 N–H and O–H groups in total. The molecule has 0 spiro atoms. The van der Waals surface area contributed by atoms with Crippen LogP contribution in [0.25, 0.3) is 0 Å². The Kier molecular flexibility index (Phi) is 4.59. The summed E-state index contributed by atoms with van der Waals surface area (Å²) in [5.74, 6) is 0.239. The van der Waals surface area contributed by atoms with E-state index in [0.717, 1.165) is 12.1 Å². The van der Waals surface area contributed by atoms with Crippen LogP contribution in [0, 0.1) is 0 Å². The Morgan fingerprint density at radius 1 is 1.47 bits per heavy atom. The minimum absolute atomic E-state index is 0.0126. The maximum absolute atomic E-state index is 10.7. The minimum atomic E-state index is -0.313. The standard InChI is InChI=1S/C11H14ClNO2/c1-8(14)15-10-5-3-9(4-6-10)11(12)7-13-2/h3-6,11,13H,7H2,1-2H3/p+1/t11-/m1/s1. The predicted molar refractivity (Wildman–Crippen MR) is 59.1 cm³/mol. The molecule has 82 valence electrons. The SMILES string of the molecule is C[NH2+]C[C@@H](Cl)c1ccc(OC(C)=O)cc1. The minimum Gasteiger partial charge on any atom is -0.427 e. The summed E-state index contributed by atoms with van der Waals surface area (Å²) in [7, 11) is 1.97. The van der Waals surface area contributed by atoms with Gasteiger partial charge in [-0.1, -0.05) is 12.1 Å². The van der Waals surface area contributed by atoms with Gasteiger partial charge in [0, 0.05) is 6.92 Å². The third-order valence-electron chi connectivity index (χ3n) is 1.95. The molecule has 0 heterocycles. The van der Waals surface area contributed by atoms with Crippen molar-refractivity contribution in [3.05, 3.63) is 29.8 Å². The number of hydrogen-bond acceptors (Lipinski definition) is 2. The zero-order valence-electron chi connectivity index (χ0n) is 8.87. The van der Waals surface area contributed by atoms with Gasteiger partial charge >= 0.3 is 5.97 Å². The average molecular weight is 229 g/mol. The number of likely N-dealkylation sites (N-methyl/N-ethyl adjacent to an activating group) is 1. The largest absolute Gasteiger partial charge is 0.427 e. The molecule has 0 aliphatic rings. The molecule has 3 nitrogen and oxygen atoms in total. The number of quaternary nitrogens is 1. The van der Waals surface area contributed by atoms with Crippen molar-refractivity contribution in [2.75, 3.05) is 13.6 Å². The van der Waals surface area contributed by atoms with Crippen molar-refractivity contribution in [3.8, 4) is 5.75 Å². The molecule has 1 atom stereocenters. The Labute approximate surface area is 94.4 Å². The van der Waals surface area contributed by atoms with Gasteiger partial charge in [0.2, 0.25) is 0 Å². The fourth-order valence-electron chi connectivity index (χ4n) is 1.25. The number of hydrogen-bond donors (Lipinski definition) is 1. The molecule has 0 amide bonds. The summed E-state index contributed by atoms with van der Waals surface area (Å²) >= 11 is 6.13. The van der Waals surface area contributed by atoms with Gasteiger partial charge in [0.05, 0.1) is 13.6 Å². The molecule has 0 saturated heterocycles. The first kappa shape index (κ1) is 12.0. The highest BCUT2D eigenvalue weighted by molar-refractivity contribution is 6.20. The Hall–Kier alpha value is -1.06. The van der Waals surface area contributed by atoms with Gasteiger partial charge in [0.15, 0.2) is 0 Å². The van der Waals surface area contributed by atoms with E-state index < -0.39 is 0 Å². The van der Waals surface area contributed by atoms with Gasteiger partial charge < -0.3 is 10.1 Å². The summed E-state index contributed by atoms with van der Waals surface area (Å²) < 4.78 is 4.92. The molecule has 4 heteroatoms. The van der Waals surface area contributed by atoms with Crippen molar-refractivity contribution < 1.29 is 14.8 Å². The van der Waals surface area contributed by atoms with E-state index in [0.29, 0.717) is 5.75 Å². The van der Waals surface area contributed by atoms with E-state index in [1.807, 2.05) is 24.5 Å². The zero-order valence-corrected chi connectivity index (χ0v) is 9.62. The van der Waals surface area contributed by atoms with E-state index in [4.69, 9.17) is 16.3 Å². The third-order valence-corrected chi connectivity index (χ3v) is 2.38. The van der Waals surface area contributed by atoms with Crippen molar-refractivity contribution in [1.29, 1.82) is 0 Å². The van der Waals surface area contributed by atoms with Crippen LogP contribution < -0.4 is 10.1 Å². The van der Waals surface area contributed by atoms with Crippen LogP contribution in [0.15, 0.2) is 24.3 Å². The van der Waals surface area contributed by atoms with Gasteiger partial charge in [-0.3, -0.25) is 4.79 Å². The number of carbonyl (C=O) groups is 1. The van der Waals surface area contributed by atoms with Gasteiger partial charge in [-0.15, -0.1) is 11.6 Å². The number of benzene rings is 1. The van der Waals surface area contributed by atoms with Crippen molar-refractivity contribution in [1.82, 2.24) is 0 Å². The molecular weight excluding hydrogens is 214 g/mol. The average Bonchev–Trinajstić information content (AvgIpc) is 2.18. The molecule has 15 heavy (non-hydrogen) atoms. The highest BCUT2D eigenvalue weighted by Gasteiger charge is 2.08. The van der Waals surface area contributed by atoms with Gasteiger partial charge in [-0.2, -0.15) is 0 Å². The smallest absolute Gasteiger partial charge is 0.308 e. The number of esters is 1. The molecular formula is C11H15ClNO2+. The predicted octanol–water partition coefficient (Wildman–Crippen LogP) is 1.08. The first-order valence-electron chi connectivity index (χ1n) is 4.83. The molecule has 0 bridgehead atoms. The fourth-order valence-corrected chi connectivity index (χ4v) is 1.58. The van der Waals surface area contributed by atoms with Crippen LogP contribution in [0.5, 0.6) is 5.75 Å². The van der Waals surface area contributed by atoms with Crippen LogP contribution in [-0.2, 0) is 4.79 Å². The van der Waals surface area contributed by atoms with Gasteiger partial charge in [-0.05, 0) is 17.7 Å². The van der Waals surface area contributed by atoms with E-state index in [2.05, 4.69) is 0 Å². The quantitative estimate of drug-likeness (QED) is 0.476. The number of rotatable bonds is 4. The first-order valence-corrected chi connectivity index (χ1v) is 5.27. The molecule has 0 saturated carbocycles. The lowest BCUT2D eigenvalue weighted by atomic mass is 10.1. The zero-order chi connectivity index (χ0) is 11.3. The second kappa shape index (κ2) is 5.73. The van der Waals surface area contributed by atoms with Crippen molar-refractivity contribution in [2.45, 2.75) is 12.3 Å². The summed E-state index contributed by atoms with van der Waals surface area (Å²) in [6, 6.07) is 7.25. The highest BCUT2D eigenvalue weighted by Crippen LogP contribution is 2.21. The molecule has 0 aliphatic heterocycles. The summed E-state index contributed by atoms with van der Waals surface area (Å²) in [5, 5.41) is 2.01. The van der Waals surface area contributed by atoms with Crippen LogP contribution in [0.3, 0.4) is 0 Å². The number of halogens is 1. The lowest BCUT2D eigenvalue weighted by molar-refractivity contribution is -0.627. The maximum Gasteiger partial charge on any atom is 0.308 e. The Bertz CT molecular complexity index is 324. The molecule has 1 rings (SSSR count). The summed E-state index contributed by atoms with van der Waals surface area (Å²) in [5.41, 5.74) is 1.03. The summed E-state index contributed by atoms with van der Waals surface area (Å²) in [6.07, 6.45) is 0. The number of carbonyl (C=O) groups excluding carboxylic acids is 1. The Morgan fingerprint density at radius 3 is 2.53 bits per heavy atom. The number of ether oxygens (including phenoxy) is 1. The molecule has 1 aromatic carbocycles. The maximum atomic E-state index is 10.7. The van der Waals surface area contributed by atoms with Gasteiger partial charge in [-0.25, -0.2) is 0 Å². The number of alkyl halides is 1. The molecule has 0 unspecified atom stereocenters. The normalized spacial score (nSPS) is 12.2. The van der Waals surface area contributed by atoms with Crippen LogP contribution in [0.2, 0.25) is 0 Å². The van der Waals surface area contributed by atoms with Crippen molar-refractivity contribution >= 4 is 17.6 Å². The lowest BCUT2D eigenvalue weighted by Gasteiger charge is -2.07. The van der Waals surface area contributed by atoms with E-state index >= 15 is 0 Å². The molecule has 0 fully saturated rings. The molecule has 0 aliphatic carbocycles. The van der Waals surface area contributed by atoms with Crippen LogP contribution >= 0.6 is 11.6 Å². The van der Waals surface area contributed by atoms with Crippen molar-refractivity contribution in [2.24, 2.45) is 0 Å². The molecule has 1 aromatic rings. The lowest BCUT2D eigenvalue weighted by Crippen LogP contribution is -2.80. The van der Waals surface area contributed by atoms with Crippen LogP contribution in [0.1, 0.15) is 17.9 Å². The van der Waals surface area contributed by atoms with Gasteiger partial charge in [0.1, 0.15) is 11.1 Å². The fraction of sp³-hybridized carbons (Fsp3) is 0.364. The monoisotopic (exact) mass is 228 g/mol. The first-order chi connectivity index (χ1) is 7.13. The Balaban J connectivity index is 2.67. The highest BCUT2D eigenvalue weighted by atomic mass is 35.5. The molecule has 0 radical (unpaired) electrons. The van der Waals surface area contributed by atoms with E-state index in [1.165, 1.54) is 6.92 Å². The van der Waals surface area contributed by atoms with Gasteiger partial charge in [0.25, 0.3) is 0 Å². The second-order valence-electron chi connectivity index (χ2n) is 3.27. The third kappa shape index (κ3) is 3.90. The van der Waals surface area contributed by atoms with Crippen molar-refractivity contribution in [3.63, 3.8) is 0 Å².